The zero-order valence-electron chi connectivity index (χ0n) is 13.2. The molecule has 0 heteroatoms. The van der Waals surface area contributed by atoms with E-state index in [-0.39, 0.29) is 0 Å². The Morgan fingerprint density at radius 2 is 1.55 bits per heavy atom. The Morgan fingerprint density at radius 3 is 2.36 bits per heavy atom. The second-order valence-electron chi connectivity index (χ2n) is 6.39. The van der Waals surface area contributed by atoms with Gasteiger partial charge in [0.15, 0.2) is 0 Å². The Balaban J connectivity index is 1.69. The highest BCUT2D eigenvalue weighted by molar-refractivity contribution is 5.89. The molecule has 0 bridgehead atoms. The molecule has 0 saturated heterocycles. The highest BCUT2D eigenvalue weighted by Gasteiger charge is 2.11. The van der Waals surface area contributed by atoms with E-state index in [9.17, 15) is 0 Å². The number of hydrogen-bond acceptors (Lipinski definition) is 0. The standard InChI is InChI=1S/C22H20/c1-15-3-6-17(7-4-15)18-9-10-19(13-18)20-11-12-22-16(2)5-8-21(22)14-20/h3-4,6-9,11-14H,5,10H2,1-2H3. The third kappa shape index (κ3) is 2.25. The zero-order chi connectivity index (χ0) is 15.1. The molecule has 0 spiro atoms. The van der Waals surface area contributed by atoms with Gasteiger partial charge in [0.25, 0.3) is 0 Å². The van der Waals surface area contributed by atoms with Gasteiger partial charge in [0.1, 0.15) is 0 Å². The van der Waals surface area contributed by atoms with Crippen LogP contribution in [0.3, 0.4) is 0 Å². The van der Waals surface area contributed by atoms with Crippen LogP contribution in [0.5, 0.6) is 0 Å². The highest BCUT2D eigenvalue weighted by Crippen LogP contribution is 2.31. The smallest absolute Gasteiger partial charge is 0.00821 e. The minimum Gasteiger partial charge on any atom is -0.0726 e. The van der Waals surface area contributed by atoms with Gasteiger partial charge >= 0.3 is 0 Å². The minimum absolute atomic E-state index is 1.03. The summed E-state index contributed by atoms with van der Waals surface area (Å²) in [5, 5.41) is 2.83. The van der Waals surface area contributed by atoms with Crippen molar-refractivity contribution in [2.75, 3.05) is 0 Å². The van der Waals surface area contributed by atoms with Crippen molar-refractivity contribution in [3.8, 4) is 0 Å². The summed E-state index contributed by atoms with van der Waals surface area (Å²) in [5.41, 5.74) is 8.26. The van der Waals surface area contributed by atoms with E-state index in [1.807, 2.05) is 0 Å². The molecule has 0 saturated carbocycles. The molecule has 0 aromatic heterocycles. The largest absolute Gasteiger partial charge is 0.0726 e. The van der Waals surface area contributed by atoms with Crippen LogP contribution in [0.2, 0.25) is 0 Å². The molecule has 0 amide bonds. The molecule has 0 aliphatic heterocycles. The first-order chi connectivity index (χ1) is 10.7. The Kier molecular flexibility index (Phi) is 3.11. The average Bonchev–Trinajstić information content (AvgIpc) is 3.15. The van der Waals surface area contributed by atoms with Crippen molar-refractivity contribution >= 4 is 22.8 Å². The second-order valence-corrected chi connectivity index (χ2v) is 6.39. The molecule has 0 nitrogen and oxygen atoms in total. The number of rotatable bonds is 2. The van der Waals surface area contributed by atoms with Gasteiger partial charge in [-0.1, -0.05) is 65.8 Å². The zero-order valence-corrected chi connectivity index (χ0v) is 13.2. The van der Waals surface area contributed by atoms with Gasteiger partial charge in [-0.15, -0.1) is 0 Å². The van der Waals surface area contributed by atoms with Gasteiger partial charge in [0.2, 0.25) is 0 Å². The van der Waals surface area contributed by atoms with Gasteiger partial charge in [0, 0.05) is 0 Å². The third-order valence-corrected chi connectivity index (χ3v) is 4.77. The van der Waals surface area contributed by atoms with Crippen molar-refractivity contribution in [1.82, 2.24) is 0 Å². The molecule has 0 heterocycles. The summed E-state index contributed by atoms with van der Waals surface area (Å²) in [7, 11) is 0. The van der Waals surface area contributed by atoms with Crippen LogP contribution in [0, 0.1) is 6.92 Å². The molecule has 2 aromatic rings. The first-order valence-electron chi connectivity index (χ1n) is 7.99. The number of hydrogen-bond donors (Lipinski definition) is 0. The van der Waals surface area contributed by atoms with Crippen LogP contribution >= 0.6 is 0 Å². The molecular formula is C22H20. The summed E-state index contributed by atoms with van der Waals surface area (Å²) in [5.74, 6) is 0. The SMILES string of the molecule is CC1=c2ccc(C3=CC(c4ccc(C)cc4)=CC3)cc2=CC1. The second kappa shape index (κ2) is 5.14. The van der Waals surface area contributed by atoms with Gasteiger partial charge in [-0.3, -0.25) is 0 Å². The van der Waals surface area contributed by atoms with E-state index in [4.69, 9.17) is 0 Å². The van der Waals surface area contributed by atoms with Crippen LogP contribution in [-0.4, -0.2) is 0 Å². The lowest BCUT2D eigenvalue weighted by Gasteiger charge is -2.02. The minimum atomic E-state index is 1.03. The lowest BCUT2D eigenvalue weighted by atomic mass is 10.0. The number of benzene rings is 2. The van der Waals surface area contributed by atoms with Crippen molar-refractivity contribution in [2.24, 2.45) is 0 Å². The summed E-state index contributed by atoms with van der Waals surface area (Å²) >= 11 is 0. The maximum atomic E-state index is 2.35. The predicted octanol–water partition coefficient (Wildman–Crippen LogP) is 4.22. The molecule has 108 valence electrons. The molecule has 22 heavy (non-hydrogen) atoms. The summed E-state index contributed by atoms with van der Waals surface area (Å²) in [6, 6.07) is 15.7. The molecule has 0 unspecified atom stereocenters. The lowest BCUT2D eigenvalue weighted by Crippen LogP contribution is -2.22. The quantitative estimate of drug-likeness (QED) is 0.774. The van der Waals surface area contributed by atoms with E-state index in [0.717, 1.165) is 12.8 Å². The van der Waals surface area contributed by atoms with Crippen LogP contribution in [0.15, 0.2) is 54.6 Å². The summed E-state index contributed by atoms with van der Waals surface area (Å²) in [6.07, 6.45) is 9.17. The maximum absolute atomic E-state index is 2.35. The summed E-state index contributed by atoms with van der Waals surface area (Å²) in [4.78, 5) is 0. The summed E-state index contributed by atoms with van der Waals surface area (Å²) < 4.78 is 0. The van der Waals surface area contributed by atoms with Crippen molar-refractivity contribution in [1.29, 1.82) is 0 Å². The van der Waals surface area contributed by atoms with Crippen molar-refractivity contribution < 1.29 is 0 Å². The fourth-order valence-electron chi connectivity index (χ4n) is 3.37. The van der Waals surface area contributed by atoms with E-state index in [0.29, 0.717) is 0 Å². The van der Waals surface area contributed by atoms with Crippen LogP contribution < -0.4 is 10.4 Å². The van der Waals surface area contributed by atoms with Crippen LogP contribution in [-0.2, 0) is 0 Å². The van der Waals surface area contributed by atoms with Gasteiger partial charge in [-0.05, 0) is 65.5 Å². The maximum Gasteiger partial charge on any atom is -0.00821 e. The Labute approximate surface area is 131 Å². The fraction of sp³-hybridized carbons (Fsp3) is 0.182. The predicted molar refractivity (Wildman–Crippen MR) is 95.6 cm³/mol. The lowest BCUT2D eigenvalue weighted by molar-refractivity contribution is 1.39. The molecule has 2 aliphatic carbocycles. The Morgan fingerprint density at radius 1 is 0.773 bits per heavy atom. The van der Waals surface area contributed by atoms with Gasteiger partial charge in [0.05, 0.1) is 0 Å². The highest BCUT2D eigenvalue weighted by atomic mass is 14.2. The van der Waals surface area contributed by atoms with Crippen molar-refractivity contribution in [3.63, 3.8) is 0 Å². The van der Waals surface area contributed by atoms with Gasteiger partial charge in [-0.25, -0.2) is 0 Å². The van der Waals surface area contributed by atoms with E-state index < -0.39 is 0 Å². The third-order valence-electron chi connectivity index (χ3n) is 4.77. The van der Waals surface area contributed by atoms with E-state index in [1.54, 1.807) is 0 Å². The van der Waals surface area contributed by atoms with Crippen molar-refractivity contribution in [2.45, 2.75) is 26.7 Å². The number of aryl methyl sites for hydroxylation is 1. The average molecular weight is 284 g/mol. The van der Waals surface area contributed by atoms with Crippen LogP contribution in [0.25, 0.3) is 22.8 Å². The number of fused-ring (bicyclic) bond motifs is 1. The molecule has 0 fully saturated rings. The molecule has 0 N–H and O–H groups in total. The van der Waals surface area contributed by atoms with Crippen LogP contribution in [0.1, 0.15) is 36.5 Å². The molecule has 2 aliphatic rings. The van der Waals surface area contributed by atoms with E-state index in [2.05, 4.69) is 74.5 Å². The molecule has 0 atom stereocenters. The first-order valence-corrected chi connectivity index (χ1v) is 7.99. The number of allylic oxidation sites excluding steroid dienone is 4. The Hall–Kier alpha value is -2.34. The van der Waals surface area contributed by atoms with Crippen molar-refractivity contribution in [3.05, 3.63) is 81.7 Å². The molecule has 0 radical (unpaired) electrons. The normalized spacial score (nSPS) is 16.2. The first kappa shape index (κ1) is 13.3. The van der Waals surface area contributed by atoms with E-state index in [1.165, 1.54) is 43.8 Å². The topological polar surface area (TPSA) is 0 Å². The molecule has 2 aromatic carbocycles. The van der Waals surface area contributed by atoms with Crippen LogP contribution in [0.4, 0.5) is 0 Å². The molecular weight excluding hydrogens is 264 g/mol. The van der Waals surface area contributed by atoms with Gasteiger partial charge in [-0.2, -0.15) is 0 Å². The molecule has 4 rings (SSSR count). The van der Waals surface area contributed by atoms with Gasteiger partial charge < -0.3 is 0 Å². The van der Waals surface area contributed by atoms with E-state index >= 15 is 0 Å². The monoisotopic (exact) mass is 284 g/mol. The fourth-order valence-corrected chi connectivity index (χ4v) is 3.37. The Bertz CT molecular complexity index is 919. The summed E-state index contributed by atoms with van der Waals surface area (Å²) in [6.45, 7) is 4.36.